The summed E-state index contributed by atoms with van der Waals surface area (Å²) in [7, 11) is 1.50. The maximum atomic E-state index is 4.50. The molecule has 0 bridgehead atoms. The van der Waals surface area contributed by atoms with Gasteiger partial charge in [-0.25, -0.2) is 9.97 Å². The van der Waals surface area contributed by atoms with E-state index in [4.69, 9.17) is 0 Å². The van der Waals surface area contributed by atoms with Gasteiger partial charge < -0.3 is 10.6 Å². The van der Waals surface area contributed by atoms with Gasteiger partial charge in [0.25, 0.3) is 0 Å². The van der Waals surface area contributed by atoms with E-state index in [0.29, 0.717) is 0 Å². The molecule has 0 aliphatic carbocycles. The lowest BCUT2D eigenvalue weighted by atomic mass is 10.4. The molecule has 14 heavy (non-hydrogen) atoms. The van der Waals surface area contributed by atoms with E-state index in [9.17, 15) is 0 Å². The maximum Gasteiger partial charge on any atom is 0.225 e. The number of rotatable bonds is 1. The first-order valence-electron chi connectivity index (χ1n) is 4.98. The van der Waals surface area contributed by atoms with Gasteiger partial charge in [0.15, 0.2) is 0 Å². The van der Waals surface area contributed by atoms with Crippen molar-refractivity contribution in [1.29, 1.82) is 0 Å². The predicted molar refractivity (Wildman–Crippen MR) is 58.3 cm³/mol. The van der Waals surface area contributed by atoms with Crippen molar-refractivity contribution >= 4 is 5.95 Å². The van der Waals surface area contributed by atoms with E-state index in [1.165, 1.54) is 19.9 Å². The van der Waals surface area contributed by atoms with Crippen molar-refractivity contribution in [2.45, 2.75) is 19.8 Å². The van der Waals surface area contributed by atoms with Crippen LogP contribution in [0.3, 0.4) is 0 Å². The van der Waals surface area contributed by atoms with Crippen LogP contribution in [-0.2, 0) is 0 Å². The van der Waals surface area contributed by atoms with Crippen LogP contribution in [0.25, 0.3) is 0 Å². The molecule has 0 saturated carbocycles. The Balaban J connectivity index is 0.000000461. The Morgan fingerprint density at radius 1 is 1.29 bits per heavy atom. The largest absolute Gasteiger partial charge is 0.341 e. The monoisotopic (exact) mass is 194 g/mol. The van der Waals surface area contributed by atoms with Crippen LogP contribution in [0.2, 0.25) is 0 Å². The van der Waals surface area contributed by atoms with Crippen LogP contribution in [0, 0.1) is 6.92 Å². The minimum Gasteiger partial charge on any atom is -0.341 e. The van der Waals surface area contributed by atoms with E-state index >= 15 is 0 Å². The van der Waals surface area contributed by atoms with Crippen LogP contribution in [0.4, 0.5) is 5.95 Å². The second-order valence-electron chi connectivity index (χ2n) is 3.19. The fourth-order valence-electron chi connectivity index (χ4n) is 1.51. The fraction of sp³-hybridized carbons (Fsp3) is 0.600. The summed E-state index contributed by atoms with van der Waals surface area (Å²) in [6, 6.07) is 1.93. The van der Waals surface area contributed by atoms with Gasteiger partial charge in [0.05, 0.1) is 0 Å². The van der Waals surface area contributed by atoms with Crippen molar-refractivity contribution in [3.05, 3.63) is 18.0 Å². The van der Waals surface area contributed by atoms with E-state index in [0.717, 1.165) is 24.7 Å². The molecule has 2 heterocycles. The van der Waals surface area contributed by atoms with Crippen LogP contribution in [0.1, 0.15) is 18.5 Å². The van der Waals surface area contributed by atoms with Gasteiger partial charge in [-0.15, -0.1) is 0 Å². The SMILES string of the molecule is CN.Cc1ccnc(N2CCCC2)n1. The van der Waals surface area contributed by atoms with E-state index in [-0.39, 0.29) is 0 Å². The normalized spacial score (nSPS) is 14.9. The third-order valence-electron chi connectivity index (χ3n) is 2.17. The number of aryl methyl sites for hydroxylation is 1. The first kappa shape index (κ1) is 10.9. The molecule has 1 aromatic heterocycles. The molecule has 1 aromatic rings. The Morgan fingerprint density at radius 2 is 1.93 bits per heavy atom. The van der Waals surface area contributed by atoms with E-state index < -0.39 is 0 Å². The Labute approximate surface area is 85.2 Å². The molecule has 4 nitrogen and oxygen atoms in total. The summed E-state index contributed by atoms with van der Waals surface area (Å²) in [5.41, 5.74) is 5.55. The van der Waals surface area contributed by atoms with Crippen molar-refractivity contribution in [1.82, 2.24) is 9.97 Å². The van der Waals surface area contributed by atoms with Crippen molar-refractivity contribution in [3.8, 4) is 0 Å². The van der Waals surface area contributed by atoms with Crippen LogP contribution in [0.15, 0.2) is 12.3 Å². The lowest BCUT2D eigenvalue weighted by Gasteiger charge is -2.14. The zero-order valence-corrected chi connectivity index (χ0v) is 8.90. The van der Waals surface area contributed by atoms with Gasteiger partial charge in [-0.05, 0) is 32.9 Å². The predicted octanol–water partition coefficient (Wildman–Crippen LogP) is 0.960. The molecule has 1 aliphatic heterocycles. The van der Waals surface area contributed by atoms with Crippen LogP contribution >= 0.6 is 0 Å². The summed E-state index contributed by atoms with van der Waals surface area (Å²) in [4.78, 5) is 10.8. The highest BCUT2D eigenvalue weighted by Crippen LogP contribution is 2.14. The molecule has 0 amide bonds. The van der Waals surface area contributed by atoms with E-state index in [1.807, 2.05) is 19.2 Å². The minimum absolute atomic E-state index is 0.896. The smallest absolute Gasteiger partial charge is 0.225 e. The molecule has 0 atom stereocenters. The topological polar surface area (TPSA) is 55.0 Å². The van der Waals surface area contributed by atoms with Crippen molar-refractivity contribution in [2.75, 3.05) is 25.0 Å². The number of hydrogen-bond donors (Lipinski definition) is 1. The number of hydrogen-bond acceptors (Lipinski definition) is 4. The average Bonchev–Trinajstić information content (AvgIpc) is 2.74. The second-order valence-corrected chi connectivity index (χ2v) is 3.19. The quantitative estimate of drug-likeness (QED) is 0.723. The second kappa shape index (κ2) is 5.54. The number of anilines is 1. The van der Waals surface area contributed by atoms with Gasteiger partial charge in [-0.2, -0.15) is 0 Å². The third-order valence-corrected chi connectivity index (χ3v) is 2.17. The number of nitrogens with zero attached hydrogens (tertiary/aromatic N) is 3. The Morgan fingerprint density at radius 3 is 2.50 bits per heavy atom. The van der Waals surface area contributed by atoms with Gasteiger partial charge in [-0.1, -0.05) is 0 Å². The molecule has 0 spiro atoms. The molecule has 0 unspecified atom stereocenters. The summed E-state index contributed by atoms with van der Waals surface area (Å²) in [6.07, 6.45) is 4.38. The number of nitrogens with two attached hydrogens (primary N) is 1. The highest BCUT2D eigenvalue weighted by Gasteiger charge is 2.13. The molecule has 0 aromatic carbocycles. The molecule has 1 fully saturated rings. The third kappa shape index (κ3) is 2.67. The van der Waals surface area contributed by atoms with Gasteiger partial charge in [0.1, 0.15) is 0 Å². The summed E-state index contributed by atoms with van der Waals surface area (Å²) >= 11 is 0. The lowest BCUT2D eigenvalue weighted by Crippen LogP contribution is -2.20. The van der Waals surface area contributed by atoms with Gasteiger partial charge >= 0.3 is 0 Å². The lowest BCUT2D eigenvalue weighted by molar-refractivity contribution is 0.889. The Kier molecular flexibility index (Phi) is 4.32. The van der Waals surface area contributed by atoms with Crippen LogP contribution < -0.4 is 10.6 Å². The van der Waals surface area contributed by atoms with Crippen molar-refractivity contribution in [2.24, 2.45) is 5.73 Å². The van der Waals surface area contributed by atoms with Crippen molar-refractivity contribution < 1.29 is 0 Å². The fourth-order valence-corrected chi connectivity index (χ4v) is 1.51. The summed E-state index contributed by atoms with van der Waals surface area (Å²) < 4.78 is 0. The van der Waals surface area contributed by atoms with Gasteiger partial charge in [0.2, 0.25) is 5.95 Å². The number of aromatic nitrogens is 2. The minimum atomic E-state index is 0.896. The zero-order chi connectivity index (χ0) is 10.4. The molecule has 2 N–H and O–H groups in total. The molecule has 0 radical (unpaired) electrons. The molecule has 4 heteroatoms. The molecule has 1 aliphatic rings. The molecule has 1 saturated heterocycles. The van der Waals surface area contributed by atoms with Gasteiger partial charge in [0, 0.05) is 25.0 Å². The highest BCUT2D eigenvalue weighted by molar-refractivity contribution is 5.30. The molecular formula is C10H18N4. The molecule has 2 rings (SSSR count). The first-order valence-corrected chi connectivity index (χ1v) is 4.98. The van der Waals surface area contributed by atoms with E-state index in [2.05, 4.69) is 20.6 Å². The summed E-state index contributed by atoms with van der Waals surface area (Å²) in [5.74, 6) is 0.896. The zero-order valence-electron chi connectivity index (χ0n) is 8.90. The standard InChI is InChI=1S/C9H13N3.CH5N/c1-8-4-5-10-9(11-8)12-6-2-3-7-12;1-2/h4-5H,2-3,6-7H2,1H3;2H2,1H3. The highest BCUT2D eigenvalue weighted by atomic mass is 15.3. The molecule has 78 valence electrons. The molecular weight excluding hydrogens is 176 g/mol. The maximum absolute atomic E-state index is 4.50. The van der Waals surface area contributed by atoms with Crippen LogP contribution in [0.5, 0.6) is 0 Å². The van der Waals surface area contributed by atoms with Crippen LogP contribution in [-0.4, -0.2) is 30.1 Å². The average molecular weight is 194 g/mol. The Hall–Kier alpha value is -1.16. The summed E-state index contributed by atoms with van der Waals surface area (Å²) in [6.45, 7) is 4.23. The summed E-state index contributed by atoms with van der Waals surface area (Å²) in [5, 5.41) is 0. The van der Waals surface area contributed by atoms with E-state index in [1.54, 1.807) is 0 Å². The van der Waals surface area contributed by atoms with Gasteiger partial charge in [-0.3, -0.25) is 0 Å². The van der Waals surface area contributed by atoms with Crippen molar-refractivity contribution in [3.63, 3.8) is 0 Å². The Bertz CT molecular complexity index is 269. The first-order chi connectivity index (χ1) is 6.86.